The molecule has 100 valence electrons. The van der Waals surface area contributed by atoms with Crippen LogP contribution in [-0.2, 0) is 9.53 Å². The van der Waals surface area contributed by atoms with E-state index in [0.717, 1.165) is 6.07 Å². The number of ether oxygens (including phenoxy) is 1. The first kappa shape index (κ1) is 14.4. The summed E-state index contributed by atoms with van der Waals surface area (Å²) in [6, 6.07) is 2.07. The van der Waals surface area contributed by atoms with E-state index in [4.69, 9.17) is 10.5 Å². The molecular weight excluding hydrogens is 242 g/mol. The van der Waals surface area contributed by atoms with Gasteiger partial charge in [-0.3, -0.25) is 4.79 Å². The van der Waals surface area contributed by atoms with Crippen molar-refractivity contribution in [3.63, 3.8) is 0 Å². The third kappa shape index (κ3) is 3.96. The van der Waals surface area contributed by atoms with E-state index in [2.05, 4.69) is 5.32 Å². The number of nitrogens with one attached hydrogen (secondary N) is 1. The monoisotopic (exact) mass is 258 g/mol. The Hall–Kier alpha value is -1.69. The topological polar surface area (TPSA) is 64.3 Å². The molecule has 0 radical (unpaired) electrons. The van der Waals surface area contributed by atoms with Gasteiger partial charge in [0.15, 0.2) is 11.6 Å². The molecular formula is C12H16F2N2O2. The van der Waals surface area contributed by atoms with Gasteiger partial charge < -0.3 is 15.8 Å². The Kier molecular flexibility index (Phi) is 4.24. The third-order valence-electron chi connectivity index (χ3n) is 2.03. The van der Waals surface area contributed by atoms with E-state index in [1.165, 1.54) is 6.07 Å². The maximum Gasteiger partial charge on any atom is 0.250 e. The average molecular weight is 258 g/mol. The van der Waals surface area contributed by atoms with Gasteiger partial charge in [0.25, 0.3) is 5.91 Å². The fourth-order valence-corrected chi connectivity index (χ4v) is 1.15. The summed E-state index contributed by atoms with van der Waals surface area (Å²) in [6.45, 7) is 5.06. The first-order valence-electron chi connectivity index (χ1n) is 5.38. The Morgan fingerprint density at radius 1 is 1.39 bits per heavy atom. The van der Waals surface area contributed by atoms with Gasteiger partial charge in [-0.25, -0.2) is 8.78 Å². The lowest BCUT2D eigenvalue weighted by Crippen LogP contribution is -2.27. The largest absolute Gasteiger partial charge is 0.397 e. The minimum Gasteiger partial charge on any atom is -0.397 e. The molecule has 6 heteroatoms. The molecule has 4 nitrogen and oxygen atoms in total. The van der Waals surface area contributed by atoms with E-state index in [0.29, 0.717) is 0 Å². The molecule has 3 N–H and O–H groups in total. The molecule has 0 saturated heterocycles. The summed E-state index contributed by atoms with van der Waals surface area (Å²) in [4.78, 5) is 11.5. The highest BCUT2D eigenvalue weighted by molar-refractivity contribution is 5.94. The van der Waals surface area contributed by atoms with Crippen LogP contribution in [0, 0.1) is 11.6 Å². The molecule has 1 aromatic rings. The SMILES string of the molecule is CC(C)(C)OCC(=O)Nc1c(N)ccc(F)c1F. The molecule has 1 aromatic carbocycles. The van der Waals surface area contributed by atoms with Crippen LogP contribution in [0.4, 0.5) is 20.2 Å². The van der Waals surface area contributed by atoms with Crippen LogP contribution in [0.2, 0.25) is 0 Å². The van der Waals surface area contributed by atoms with E-state index in [1.54, 1.807) is 20.8 Å². The maximum atomic E-state index is 13.4. The van der Waals surface area contributed by atoms with Crippen LogP contribution in [0.1, 0.15) is 20.8 Å². The third-order valence-corrected chi connectivity index (χ3v) is 2.03. The van der Waals surface area contributed by atoms with Crippen molar-refractivity contribution in [1.82, 2.24) is 0 Å². The van der Waals surface area contributed by atoms with Crippen molar-refractivity contribution in [2.75, 3.05) is 17.7 Å². The quantitative estimate of drug-likeness (QED) is 0.818. The second kappa shape index (κ2) is 5.30. The fraction of sp³-hybridized carbons (Fsp3) is 0.417. The number of anilines is 2. The second-order valence-electron chi connectivity index (χ2n) is 4.77. The van der Waals surface area contributed by atoms with Gasteiger partial charge in [-0.1, -0.05) is 0 Å². The lowest BCUT2D eigenvalue weighted by molar-refractivity contribution is -0.125. The van der Waals surface area contributed by atoms with E-state index in [-0.39, 0.29) is 18.0 Å². The molecule has 1 rings (SSSR count). The van der Waals surface area contributed by atoms with Crippen molar-refractivity contribution >= 4 is 17.3 Å². The highest BCUT2D eigenvalue weighted by atomic mass is 19.2. The van der Waals surface area contributed by atoms with Crippen LogP contribution >= 0.6 is 0 Å². The number of nitrogens with two attached hydrogens (primary N) is 1. The van der Waals surface area contributed by atoms with Crippen LogP contribution in [0.25, 0.3) is 0 Å². The Labute approximate surface area is 104 Å². The summed E-state index contributed by atoms with van der Waals surface area (Å²) >= 11 is 0. The summed E-state index contributed by atoms with van der Waals surface area (Å²) in [6.07, 6.45) is 0. The number of hydrogen-bond donors (Lipinski definition) is 2. The van der Waals surface area contributed by atoms with Gasteiger partial charge in [-0.15, -0.1) is 0 Å². The lowest BCUT2D eigenvalue weighted by Gasteiger charge is -2.19. The van der Waals surface area contributed by atoms with Crippen molar-refractivity contribution in [2.24, 2.45) is 0 Å². The zero-order valence-corrected chi connectivity index (χ0v) is 10.5. The summed E-state index contributed by atoms with van der Waals surface area (Å²) in [5.41, 5.74) is 4.55. The highest BCUT2D eigenvalue weighted by Crippen LogP contribution is 2.24. The first-order chi connectivity index (χ1) is 8.20. The molecule has 0 aliphatic rings. The Balaban J connectivity index is 2.74. The van der Waals surface area contributed by atoms with E-state index < -0.39 is 23.1 Å². The number of carbonyl (C=O) groups is 1. The predicted octanol–water partition coefficient (Wildman–Crippen LogP) is 2.30. The number of benzene rings is 1. The van der Waals surface area contributed by atoms with Crippen LogP contribution in [0.15, 0.2) is 12.1 Å². The van der Waals surface area contributed by atoms with E-state index in [9.17, 15) is 13.6 Å². The Bertz CT molecular complexity index is 456. The molecule has 0 bridgehead atoms. The van der Waals surface area contributed by atoms with Crippen LogP contribution in [-0.4, -0.2) is 18.1 Å². The molecule has 0 fully saturated rings. The minimum atomic E-state index is -1.18. The van der Waals surface area contributed by atoms with E-state index >= 15 is 0 Å². The molecule has 0 aromatic heterocycles. The van der Waals surface area contributed by atoms with Gasteiger partial charge in [-0.2, -0.15) is 0 Å². The normalized spacial score (nSPS) is 11.4. The maximum absolute atomic E-state index is 13.4. The van der Waals surface area contributed by atoms with Crippen molar-refractivity contribution in [3.8, 4) is 0 Å². The molecule has 0 spiro atoms. The Morgan fingerprint density at radius 3 is 2.56 bits per heavy atom. The van der Waals surface area contributed by atoms with Gasteiger partial charge in [0.05, 0.1) is 11.3 Å². The Morgan fingerprint density at radius 2 is 2.00 bits per heavy atom. The molecule has 0 aliphatic heterocycles. The molecule has 0 saturated carbocycles. The summed E-state index contributed by atoms with van der Waals surface area (Å²) in [7, 11) is 0. The van der Waals surface area contributed by atoms with Crippen molar-refractivity contribution in [1.29, 1.82) is 0 Å². The lowest BCUT2D eigenvalue weighted by atomic mass is 10.2. The van der Waals surface area contributed by atoms with Crippen LogP contribution < -0.4 is 11.1 Å². The minimum absolute atomic E-state index is 0.0435. The highest BCUT2D eigenvalue weighted by Gasteiger charge is 2.17. The van der Waals surface area contributed by atoms with Crippen LogP contribution in [0.3, 0.4) is 0 Å². The van der Waals surface area contributed by atoms with Gasteiger partial charge in [-0.05, 0) is 32.9 Å². The number of rotatable bonds is 3. The molecule has 0 unspecified atom stereocenters. The van der Waals surface area contributed by atoms with Gasteiger partial charge in [0, 0.05) is 0 Å². The smallest absolute Gasteiger partial charge is 0.250 e. The summed E-state index contributed by atoms with van der Waals surface area (Å²) < 4.78 is 31.6. The van der Waals surface area contributed by atoms with Gasteiger partial charge in [0.2, 0.25) is 0 Å². The van der Waals surface area contributed by atoms with Crippen molar-refractivity contribution in [2.45, 2.75) is 26.4 Å². The van der Waals surface area contributed by atoms with Crippen LogP contribution in [0.5, 0.6) is 0 Å². The number of nitrogen functional groups attached to an aromatic ring is 1. The standard InChI is InChI=1S/C12H16F2N2O2/c1-12(2,3)18-6-9(17)16-11-8(15)5-4-7(13)10(11)14/h4-5H,6,15H2,1-3H3,(H,16,17). The van der Waals surface area contributed by atoms with Crippen molar-refractivity contribution in [3.05, 3.63) is 23.8 Å². The fourth-order valence-electron chi connectivity index (χ4n) is 1.15. The zero-order valence-electron chi connectivity index (χ0n) is 10.5. The number of hydrogen-bond acceptors (Lipinski definition) is 3. The predicted molar refractivity (Wildman–Crippen MR) is 65.1 cm³/mol. The molecule has 0 aliphatic carbocycles. The molecule has 18 heavy (non-hydrogen) atoms. The van der Waals surface area contributed by atoms with E-state index in [1.807, 2.05) is 0 Å². The number of carbonyl (C=O) groups excluding carboxylic acids is 1. The summed E-state index contributed by atoms with van der Waals surface area (Å²) in [5.74, 6) is -2.85. The molecule has 0 heterocycles. The number of amides is 1. The molecule has 1 amide bonds. The average Bonchev–Trinajstić information content (AvgIpc) is 2.26. The number of halogens is 2. The zero-order chi connectivity index (χ0) is 13.9. The van der Waals surface area contributed by atoms with Gasteiger partial charge in [0.1, 0.15) is 12.3 Å². The molecule has 0 atom stereocenters. The summed E-state index contributed by atoms with van der Waals surface area (Å²) in [5, 5.41) is 2.19. The second-order valence-corrected chi connectivity index (χ2v) is 4.77. The van der Waals surface area contributed by atoms with Crippen molar-refractivity contribution < 1.29 is 18.3 Å². The first-order valence-corrected chi connectivity index (χ1v) is 5.38. The van der Waals surface area contributed by atoms with Gasteiger partial charge >= 0.3 is 0 Å².